The van der Waals surface area contributed by atoms with Crippen LogP contribution in [0.15, 0.2) is 18.3 Å². The summed E-state index contributed by atoms with van der Waals surface area (Å²) in [7, 11) is 0. The van der Waals surface area contributed by atoms with E-state index in [9.17, 15) is 0 Å². The molecule has 0 aliphatic carbocycles. The molecule has 0 atom stereocenters. The van der Waals surface area contributed by atoms with Crippen molar-refractivity contribution in [3.63, 3.8) is 0 Å². The summed E-state index contributed by atoms with van der Waals surface area (Å²) >= 11 is 0. The maximum atomic E-state index is 5.70. The first-order valence-electron chi connectivity index (χ1n) is 3.47. The molecule has 2 aromatic rings. The Hall–Kier alpha value is -1.51. The Kier molecular flexibility index (Phi) is 1.12. The molecule has 0 aliphatic rings. The van der Waals surface area contributed by atoms with Crippen molar-refractivity contribution in [1.82, 2.24) is 10.2 Å². The molecule has 0 spiro atoms. The van der Waals surface area contributed by atoms with E-state index in [-0.39, 0.29) is 0 Å². The minimum Gasteiger partial charge on any atom is -0.398 e. The highest BCUT2D eigenvalue weighted by Gasteiger charge is 2.00. The number of fused-ring (bicyclic) bond motifs is 1. The third-order valence-corrected chi connectivity index (χ3v) is 1.92. The Bertz CT molecular complexity index is 389. The van der Waals surface area contributed by atoms with Crippen LogP contribution in [0.4, 0.5) is 5.69 Å². The highest BCUT2D eigenvalue weighted by Crippen LogP contribution is 2.20. The fraction of sp³-hybridized carbons (Fsp3) is 0.125. The topological polar surface area (TPSA) is 54.7 Å². The first kappa shape index (κ1) is 6.22. The van der Waals surface area contributed by atoms with Crippen molar-refractivity contribution in [2.45, 2.75) is 6.92 Å². The van der Waals surface area contributed by atoms with Crippen LogP contribution in [0.25, 0.3) is 10.9 Å². The van der Waals surface area contributed by atoms with Crippen LogP contribution in [0.5, 0.6) is 0 Å². The molecule has 11 heavy (non-hydrogen) atoms. The van der Waals surface area contributed by atoms with Gasteiger partial charge in [-0.25, -0.2) is 0 Å². The lowest BCUT2D eigenvalue weighted by molar-refractivity contribution is 1.11. The van der Waals surface area contributed by atoms with Crippen molar-refractivity contribution in [3.8, 4) is 0 Å². The minimum atomic E-state index is 0.807. The molecule has 3 nitrogen and oxygen atoms in total. The summed E-state index contributed by atoms with van der Waals surface area (Å²) in [5.41, 5.74) is 8.61. The number of benzene rings is 1. The van der Waals surface area contributed by atoms with Crippen LogP contribution >= 0.6 is 0 Å². The van der Waals surface area contributed by atoms with Crippen LogP contribution in [0.1, 0.15) is 5.56 Å². The molecule has 3 heteroatoms. The second-order valence-electron chi connectivity index (χ2n) is 2.61. The number of nitrogen functional groups attached to an aromatic ring is 1. The SMILES string of the molecule is Cc1c(N)ccc2cn[nH]c12. The van der Waals surface area contributed by atoms with Gasteiger partial charge in [0.05, 0.1) is 11.7 Å². The zero-order valence-electron chi connectivity index (χ0n) is 6.26. The number of hydrogen-bond acceptors (Lipinski definition) is 2. The molecule has 0 saturated carbocycles. The summed E-state index contributed by atoms with van der Waals surface area (Å²) < 4.78 is 0. The first-order valence-corrected chi connectivity index (χ1v) is 3.47. The van der Waals surface area contributed by atoms with E-state index in [2.05, 4.69) is 10.2 Å². The van der Waals surface area contributed by atoms with Crippen LogP contribution in [-0.4, -0.2) is 10.2 Å². The highest BCUT2D eigenvalue weighted by molar-refractivity contribution is 5.85. The number of nitrogens with zero attached hydrogens (tertiary/aromatic N) is 1. The molecular weight excluding hydrogens is 138 g/mol. The van der Waals surface area contributed by atoms with Crippen molar-refractivity contribution >= 4 is 16.6 Å². The molecule has 0 saturated heterocycles. The number of rotatable bonds is 0. The molecule has 0 radical (unpaired) electrons. The predicted octanol–water partition coefficient (Wildman–Crippen LogP) is 1.45. The molecule has 1 aromatic carbocycles. The average molecular weight is 147 g/mol. The number of H-pyrrole nitrogens is 1. The third kappa shape index (κ3) is 0.774. The number of aromatic amines is 1. The number of aromatic nitrogens is 2. The van der Waals surface area contributed by atoms with Gasteiger partial charge in [-0.15, -0.1) is 0 Å². The van der Waals surface area contributed by atoms with Gasteiger partial charge in [0.25, 0.3) is 0 Å². The summed E-state index contributed by atoms with van der Waals surface area (Å²) in [5.74, 6) is 0. The molecule has 3 N–H and O–H groups in total. The number of nitrogens with two attached hydrogens (primary N) is 1. The van der Waals surface area contributed by atoms with E-state index in [1.165, 1.54) is 0 Å². The van der Waals surface area contributed by atoms with Gasteiger partial charge in [-0.05, 0) is 24.6 Å². The van der Waals surface area contributed by atoms with Crippen molar-refractivity contribution in [2.24, 2.45) is 0 Å². The first-order chi connectivity index (χ1) is 5.29. The smallest absolute Gasteiger partial charge is 0.0699 e. The zero-order chi connectivity index (χ0) is 7.84. The Labute approximate surface area is 64.2 Å². The van der Waals surface area contributed by atoms with Crippen LogP contribution in [0.3, 0.4) is 0 Å². The van der Waals surface area contributed by atoms with E-state index in [1.807, 2.05) is 19.1 Å². The van der Waals surface area contributed by atoms with Gasteiger partial charge in [0.15, 0.2) is 0 Å². The maximum absolute atomic E-state index is 5.70. The fourth-order valence-electron chi connectivity index (χ4n) is 1.17. The number of hydrogen-bond donors (Lipinski definition) is 2. The molecule has 1 heterocycles. The highest BCUT2D eigenvalue weighted by atomic mass is 15.1. The number of aryl methyl sites for hydroxylation is 1. The van der Waals surface area contributed by atoms with E-state index in [4.69, 9.17) is 5.73 Å². The van der Waals surface area contributed by atoms with Crippen LogP contribution in [-0.2, 0) is 0 Å². The summed E-state index contributed by atoms with van der Waals surface area (Å²) in [4.78, 5) is 0. The summed E-state index contributed by atoms with van der Waals surface area (Å²) in [6, 6.07) is 3.86. The lowest BCUT2D eigenvalue weighted by atomic mass is 10.1. The molecule has 1 aromatic heterocycles. The Balaban J connectivity index is 2.93. The Morgan fingerprint density at radius 2 is 2.27 bits per heavy atom. The van der Waals surface area contributed by atoms with Gasteiger partial charge in [0.1, 0.15) is 0 Å². The third-order valence-electron chi connectivity index (χ3n) is 1.92. The van der Waals surface area contributed by atoms with Crippen molar-refractivity contribution < 1.29 is 0 Å². The lowest BCUT2D eigenvalue weighted by Gasteiger charge is -1.98. The Morgan fingerprint density at radius 3 is 3.09 bits per heavy atom. The van der Waals surface area contributed by atoms with Crippen molar-refractivity contribution in [1.29, 1.82) is 0 Å². The molecular formula is C8H9N3. The van der Waals surface area contributed by atoms with Gasteiger partial charge in [-0.1, -0.05) is 0 Å². The van der Waals surface area contributed by atoms with Crippen LogP contribution in [0, 0.1) is 6.92 Å². The lowest BCUT2D eigenvalue weighted by Crippen LogP contribution is -1.89. The molecule has 0 bridgehead atoms. The standard InChI is InChI=1S/C8H9N3/c1-5-7(9)3-2-6-4-10-11-8(5)6/h2-4H,9H2,1H3,(H,10,11). The van der Waals surface area contributed by atoms with E-state index >= 15 is 0 Å². The van der Waals surface area contributed by atoms with Gasteiger partial charge in [0.2, 0.25) is 0 Å². The molecule has 0 amide bonds. The molecule has 56 valence electrons. The number of anilines is 1. The van der Waals surface area contributed by atoms with E-state index < -0.39 is 0 Å². The minimum absolute atomic E-state index is 0.807. The zero-order valence-corrected chi connectivity index (χ0v) is 6.26. The van der Waals surface area contributed by atoms with Crippen molar-refractivity contribution in [3.05, 3.63) is 23.9 Å². The summed E-state index contributed by atoms with van der Waals surface area (Å²) in [6.45, 7) is 1.98. The molecule has 0 fully saturated rings. The quantitative estimate of drug-likeness (QED) is 0.554. The van der Waals surface area contributed by atoms with Gasteiger partial charge in [0, 0.05) is 11.1 Å². The molecule has 0 aliphatic heterocycles. The molecule has 2 rings (SSSR count). The normalized spacial score (nSPS) is 10.6. The van der Waals surface area contributed by atoms with Gasteiger partial charge < -0.3 is 5.73 Å². The largest absolute Gasteiger partial charge is 0.398 e. The maximum Gasteiger partial charge on any atom is 0.0699 e. The van der Waals surface area contributed by atoms with Gasteiger partial charge in [-0.3, -0.25) is 5.10 Å². The van der Waals surface area contributed by atoms with Gasteiger partial charge >= 0.3 is 0 Å². The van der Waals surface area contributed by atoms with Crippen LogP contribution in [0.2, 0.25) is 0 Å². The summed E-state index contributed by atoms with van der Waals surface area (Å²) in [5, 5.41) is 7.93. The van der Waals surface area contributed by atoms with E-state index in [1.54, 1.807) is 6.20 Å². The second kappa shape index (κ2) is 1.99. The van der Waals surface area contributed by atoms with Crippen molar-refractivity contribution in [2.75, 3.05) is 5.73 Å². The Morgan fingerprint density at radius 1 is 1.45 bits per heavy atom. The fourth-order valence-corrected chi connectivity index (χ4v) is 1.17. The second-order valence-corrected chi connectivity index (χ2v) is 2.61. The monoisotopic (exact) mass is 147 g/mol. The molecule has 0 unspecified atom stereocenters. The van der Waals surface area contributed by atoms with Gasteiger partial charge in [-0.2, -0.15) is 5.10 Å². The van der Waals surface area contributed by atoms with Crippen LogP contribution < -0.4 is 5.73 Å². The van der Waals surface area contributed by atoms with E-state index in [0.29, 0.717) is 0 Å². The average Bonchev–Trinajstić information content (AvgIpc) is 2.45. The number of nitrogens with one attached hydrogen (secondary N) is 1. The summed E-state index contributed by atoms with van der Waals surface area (Å²) in [6.07, 6.45) is 1.79. The predicted molar refractivity (Wildman–Crippen MR) is 45.2 cm³/mol. The van der Waals surface area contributed by atoms with E-state index in [0.717, 1.165) is 22.2 Å².